The SMILES string of the molecule is CCN(CCNc1ccc2c(-c3cnn(C)c3)cn(C3CCN(C(=O)OCc4ccccc4)CC3)c2n1)C(=O)OC(C)(C)C. The Morgan fingerprint density at radius 3 is 2.48 bits per heavy atom. The van der Waals surface area contributed by atoms with Crippen LogP contribution in [0.1, 0.15) is 52.1 Å². The lowest BCUT2D eigenvalue weighted by Crippen LogP contribution is -2.39. The minimum Gasteiger partial charge on any atom is -0.445 e. The van der Waals surface area contributed by atoms with Crippen LogP contribution in [-0.2, 0) is 23.1 Å². The number of ether oxygens (including phenoxy) is 2. The molecule has 0 spiro atoms. The number of aromatic nitrogens is 4. The number of likely N-dealkylation sites (tertiary alicyclic amines) is 1. The van der Waals surface area contributed by atoms with Crippen LogP contribution in [0.15, 0.2) is 61.1 Å². The van der Waals surface area contributed by atoms with E-state index in [2.05, 4.69) is 27.2 Å². The van der Waals surface area contributed by atoms with Crippen LogP contribution >= 0.6 is 0 Å². The number of pyridine rings is 1. The van der Waals surface area contributed by atoms with Crippen molar-refractivity contribution in [3.8, 4) is 11.1 Å². The molecule has 11 nitrogen and oxygen atoms in total. The number of nitrogens with one attached hydrogen (secondary N) is 1. The number of benzene rings is 1. The van der Waals surface area contributed by atoms with Gasteiger partial charge in [0.2, 0.25) is 0 Å². The number of hydrogen-bond donors (Lipinski definition) is 1. The third-order valence-electron chi connectivity index (χ3n) is 7.74. The first-order valence-corrected chi connectivity index (χ1v) is 15.3. The van der Waals surface area contributed by atoms with Crippen molar-refractivity contribution in [1.82, 2.24) is 29.1 Å². The standard InChI is InChI=1S/C33H43N7O4/c1-6-38(32(42)44-33(2,3)4)19-16-34-29-13-12-27-28(25-20-35-37(5)21-25)22-40(30(27)36-29)26-14-17-39(18-15-26)31(41)43-23-24-10-8-7-9-11-24/h7-13,20-22,26H,6,14-19,23H2,1-5H3,(H,34,36). The molecule has 0 unspecified atom stereocenters. The second-order valence-electron chi connectivity index (χ2n) is 12.2. The topological polar surface area (TPSA) is 107 Å². The highest BCUT2D eigenvalue weighted by Crippen LogP contribution is 2.35. The van der Waals surface area contributed by atoms with Crippen LogP contribution in [0.4, 0.5) is 15.4 Å². The van der Waals surface area contributed by atoms with Gasteiger partial charge in [0.15, 0.2) is 0 Å². The first-order valence-electron chi connectivity index (χ1n) is 15.3. The zero-order valence-electron chi connectivity index (χ0n) is 26.3. The largest absolute Gasteiger partial charge is 0.445 e. The van der Waals surface area contributed by atoms with Gasteiger partial charge in [-0.15, -0.1) is 0 Å². The van der Waals surface area contributed by atoms with Gasteiger partial charge in [-0.25, -0.2) is 14.6 Å². The number of carbonyl (C=O) groups excluding carboxylic acids is 2. The Hall–Kier alpha value is -4.54. The number of nitrogens with zero attached hydrogens (tertiary/aromatic N) is 6. The van der Waals surface area contributed by atoms with Crippen LogP contribution in [-0.4, -0.2) is 79.6 Å². The van der Waals surface area contributed by atoms with E-state index in [1.165, 1.54) is 0 Å². The molecule has 44 heavy (non-hydrogen) atoms. The fraction of sp³-hybridized carbons (Fsp3) is 0.455. The van der Waals surface area contributed by atoms with Gasteiger partial charge in [0.1, 0.15) is 23.7 Å². The lowest BCUT2D eigenvalue weighted by Gasteiger charge is -2.32. The number of piperidine rings is 1. The van der Waals surface area contributed by atoms with Gasteiger partial charge in [-0.3, -0.25) is 4.68 Å². The first kappa shape index (κ1) is 30.9. The number of carbonyl (C=O) groups is 2. The summed E-state index contributed by atoms with van der Waals surface area (Å²) in [7, 11) is 1.91. The molecule has 0 radical (unpaired) electrons. The molecule has 0 saturated carbocycles. The van der Waals surface area contributed by atoms with E-state index in [9.17, 15) is 9.59 Å². The lowest BCUT2D eigenvalue weighted by molar-refractivity contribution is 0.0267. The van der Waals surface area contributed by atoms with Crippen molar-refractivity contribution < 1.29 is 19.1 Å². The maximum atomic E-state index is 12.8. The van der Waals surface area contributed by atoms with Gasteiger partial charge in [0.05, 0.1) is 6.20 Å². The van der Waals surface area contributed by atoms with Crippen LogP contribution < -0.4 is 5.32 Å². The van der Waals surface area contributed by atoms with E-state index in [0.29, 0.717) is 32.7 Å². The molecule has 0 atom stereocenters. The van der Waals surface area contributed by atoms with Crippen molar-refractivity contribution in [3.63, 3.8) is 0 Å². The molecule has 1 fully saturated rings. The van der Waals surface area contributed by atoms with E-state index in [0.717, 1.165) is 46.4 Å². The molecule has 5 rings (SSSR count). The number of hydrogen-bond acceptors (Lipinski definition) is 7. The van der Waals surface area contributed by atoms with Gasteiger partial charge < -0.3 is 29.2 Å². The van der Waals surface area contributed by atoms with Crippen LogP contribution in [0.2, 0.25) is 0 Å². The quantitative estimate of drug-likeness (QED) is 0.248. The van der Waals surface area contributed by atoms with Crippen LogP contribution in [0.3, 0.4) is 0 Å². The van der Waals surface area contributed by atoms with Crippen LogP contribution in [0, 0.1) is 0 Å². The summed E-state index contributed by atoms with van der Waals surface area (Å²) in [4.78, 5) is 33.8. The predicted molar refractivity (Wildman–Crippen MR) is 170 cm³/mol. The number of likely N-dealkylation sites (N-methyl/N-ethyl adjacent to an activating group) is 1. The fourth-order valence-corrected chi connectivity index (χ4v) is 5.45. The monoisotopic (exact) mass is 601 g/mol. The Kier molecular flexibility index (Phi) is 9.41. The molecule has 1 N–H and O–H groups in total. The normalized spacial score (nSPS) is 14.1. The van der Waals surface area contributed by atoms with E-state index in [1.54, 1.807) is 14.5 Å². The zero-order valence-corrected chi connectivity index (χ0v) is 26.3. The van der Waals surface area contributed by atoms with E-state index in [-0.39, 0.29) is 24.8 Å². The van der Waals surface area contributed by atoms with Crippen molar-refractivity contribution >= 4 is 29.0 Å². The maximum absolute atomic E-state index is 12.8. The molecule has 4 heterocycles. The molecule has 1 aromatic carbocycles. The van der Waals surface area contributed by atoms with E-state index in [4.69, 9.17) is 14.5 Å². The summed E-state index contributed by atoms with van der Waals surface area (Å²) in [6.45, 7) is 10.6. The second-order valence-corrected chi connectivity index (χ2v) is 12.2. The maximum Gasteiger partial charge on any atom is 0.410 e. The number of rotatable bonds is 9. The molecule has 1 saturated heterocycles. The van der Waals surface area contributed by atoms with Crippen molar-refractivity contribution in [2.45, 2.75) is 58.8 Å². The summed E-state index contributed by atoms with van der Waals surface area (Å²) in [6, 6.07) is 14.0. The lowest BCUT2D eigenvalue weighted by atomic mass is 10.1. The van der Waals surface area contributed by atoms with Crippen LogP contribution in [0.5, 0.6) is 0 Å². The Labute approximate surface area is 258 Å². The van der Waals surface area contributed by atoms with Crippen molar-refractivity contribution in [1.29, 1.82) is 0 Å². The minimum absolute atomic E-state index is 0.173. The van der Waals surface area contributed by atoms with Crippen molar-refractivity contribution in [2.75, 3.05) is 38.0 Å². The molecular weight excluding hydrogens is 558 g/mol. The summed E-state index contributed by atoms with van der Waals surface area (Å²) in [5, 5.41) is 8.81. The van der Waals surface area contributed by atoms with E-state index in [1.807, 2.05) is 83.5 Å². The van der Waals surface area contributed by atoms with Gasteiger partial charge in [0.25, 0.3) is 0 Å². The molecule has 0 aliphatic carbocycles. The molecule has 3 aromatic heterocycles. The molecule has 4 aromatic rings. The Balaban J connectivity index is 1.29. The van der Waals surface area contributed by atoms with E-state index >= 15 is 0 Å². The van der Waals surface area contributed by atoms with Gasteiger partial charge in [-0.2, -0.15) is 5.10 Å². The molecular formula is C33H43N7O4. The molecule has 11 heteroatoms. The minimum atomic E-state index is -0.541. The van der Waals surface area contributed by atoms with Gasteiger partial charge in [-0.05, 0) is 58.2 Å². The predicted octanol–water partition coefficient (Wildman–Crippen LogP) is 6.08. The number of aryl methyl sites for hydroxylation is 1. The first-order chi connectivity index (χ1) is 21.1. The average Bonchev–Trinajstić information content (AvgIpc) is 3.61. The van der Waals surface area contributed by atoms with Gasteiger partial charge in [-0.1, -0.05) is 30.3 Å². The fourth-order valence-electron chi connectivity index (χ4n) is 5.45. The third-order valence-corrected chi connectivity index (χ3v) is 7.74. The van der Waals surface area contributed by atoms with Crippen LogP contribution in [0.25, 0.3) is 22.2 Å². The summed E-state index contributed by atoms with van der Waals surface area (Å²) in [5.41, 5.74) is 3.40. The Morgan fingerprint density at radius 2 is 1.82 bits per heavy atom. The third kappa shape index (κ3) is 7.50. The molecule has 2 amide bonds. The van der Waals surface area contributed by atoms with E-state index < -0.39 is 5.60 Å². The second kappa shape index (κ2) is 13.4. The summed E-state index contributed by atoms with van der Waals surface area (Å²) in [6.07, 6.45) is 7.01. The van der Waals surface area contributed by atoms with Gasteiger partial charge in [0, 0.05) is 74.7 Å². The highest BCUT2D eigenvalue weighted by Gasteiger charge is 2.27. The number of anilines is 1. The molecule has 1 aliphatic rings. The number of amides is 2. The summed E-state index contributed by atoms with van der Waals surface area (Å²) < 4.78 is 15.2. The Morgan fingerprint density at radius 1 is 1.07 bits per heavy atom. The van der Waals surface area contributed by atoms with Crippen molar-refractivity contribution in [2.24, 2.45) is 7.05 Å². The van der Waals surface area contributed by atoms with Gasteiger partial charge >= 0.3 is 12.2 Å². The summed E-state index contributed by atoms with van der Waals surface area (Å²) >= 11 is 0. The number of fused-ring (bicyclic) bond motifs is 1. The highest BCUT2D eigenvalue weighted by atomic mass is 16.6. The highest BCUT2D eigenvalue weighted by molar-refractivity contribution is 5.94. The molecule has 0 bridgehead atoms. The average molecular weight is 602 g/mol. The summed E-state index contributed by atoms with van der Waals surface area (Å²) in [5.74, 6) is 0.733. The smallest absolute Gasteiger partial charge is 0.410 e. The Bertz CT molecular complexity index is 1570. The van der Waals surface area contributed by atoms with Crippen molar-refractivity contribution in [3.05, 3.63) is 66.6 Å². The molecule has 1 aliphatic heterocycles. The zero-order chi connectivity index (χ0) is 31.3. The molecule has 234 valence electrons.